The summed E-state index contributed by atoms with van der Waals surface area (Å²) in [5.41, 5.74) is 10.3. The molecule has 9 rings (SSSR count). The number of allylic oxidation sites excluding steroid dienone is 14. The van der Waals surface area contributed by atoms with Gasteiger partial charge in [-0.25, -0.2) is 24.9 Å². The van der Waals surface area contributed by atoms with E-state index in [9.17, 15) is 0 Å². The van der Waals surface area contributed by atoms with Crippen LogP contribution in [0.1, 0.15) is 91.3 Å². The minimum Gasteiger partial charge on any atom is -0.232 e. The molecule has 3 atom stereocenters. The lowest BCUT2D eigenvalue weighted by molar-refractivity contribution is 0.599. The minimum absolute atomic E-state index is 0.133. The lowest BCUT2D eigenvalue weighted by Crippen LogP contribution is -2.13. The molecule has 3 aromatic carbocycles. The van der Waals surface area contributed by atoms with Gasteiger partial charge < -0.3 is 0 Å². The largest absolute Gasteiger partial charge is 0.232 e. The third-order valence-electron chi connectivity index (χ3n) is 10.9. The quantitative estimate of drug-likeness (QED) is 0.151. The summed E-state index contributed by atoms with van der Waals surface area (Å²) in [6.45, 7) is 0. The number of hydrogen-bond acceptors (Lipinski definition) is 5. The number of rotatable bonds is 8. The average molecular weight is 702 g/mol. The van der Waals surface area contributed by atoms with E-state index in [1.54, 1.807) is 0 Å². The van der Waals surface area contributed by atoms with E-state index in [4.69, 9.17) is 24.9 Å². The Morgan fingerprint density at radius 1 is 0.537 bits per heavy atom. The Kier molecular flexibility index (Phi) is 9.68. The SMILES string of the molecule is C1=CCCC(c2nc(C3=CCC(c4ccc(-c5nc(-c6ccccc6)nc(C6C=CC=CC6)n5)cc4)C=C3)nc(C3CC=CCC3)c2-c2ccccc2)=C1. The van der Waals surface area contributed by atoms with Crippen molar-refractivity contribution in [3.8, 4) is 33.9 Å². The molecule has 0 bridgehead atoms. The van der Waals surface area contributed by atoms with E-state index in [1.807, 2.05) is 18.2 Å². The van der Waals surface area contributed by atoms with Gasteiger partial charge in [0.05, 0.1) is 11.4 Å². The predicted molar refractivity (Wildman–Crippen MR) is 220 cm³/mol. The van der Waals surface area contributed by atoms with Gasteiger partial charge in [0.25, 0.3) is 0 Å². The Labute approximate surface area is 318 Å². The van der Waals surface area contributed by atoms with Crippen LogP contribution in [-0.4, -0.2) is 24.9 Å². The molecule has 54 heavy (non-hydrogen) atoms. The van der Waals surface area contributed by atoms with E-state index in [1.165, 1.54) is 28.0 Å². The van der Waals surface area contributed by atoms with Crippen molar-refractivity contribution in [3.05, 3.63) is 186 Å². The summed E-state index contributed by atoms with van der Waals surface area (Å²) < 4.78 is 0. The second kappa shape index (κ2) is 15.5. The predicted octanol–water partition coefficient (Wildman–Crippen LogP) is 11.9. The van der Waals surface area contributed by atoms with Crippen LogP contribution in [-0.2, 0) is 0 Å². The Balaban J connectivity index is 1.02. The van der Waals surface area contributed by atoms with Gasteiger partial charge in [-0.1, -0.05) is 158 Å². The van der Waals surface area contributed by atoms with Crippen molar-refractivity contribution in [3.63, 3.8) is 0 Å². The van der Waals surface area contributed by atoms with Crippen LogP contribution in [0.3, 0.4) is 0 Å². The van der Waals surface area contributed by atoms with Crippen molar-refractivity contribution < 1.29 is 0 Å². The summed E-state index contributed by atoms with van der Waals surface area (Å²) >= 11 is 0. The maximum Gasteiger partial charge on any atom is 0.163 e. The van der Waals surface area contributed by atoms with E-state index < -0.39 is 0 Å². The van der Waals surface area contributed by atoms with E-state index in [2.05, 4.69) is 140 Å². The van der Waals surface area contributed by atoms with Crippen LogP contribution < -0.4 is 0 Å². The number of hydrogen-bond donors (Lipinski definition) is 0. The lowest BCUT2D eigenvalue weighted by Gasteiger charge is -2.25. The van der Waals surface area contributed by atoms with Crippen LogP contribution in [0.5, 0.6) is 0 Å². The Morgan fingerprint density at radius 2 is 1.31 bits per heavy atom. The van der Waals surface area contributed by atoms with Crippen molar-refractivity contribution in [2.24, 2.45) is 0 Å². The van der Waals surface area contributed by atoms with Crippen LogP contribution in [0.4, 0.5) is 0 Å². The van der Waals surface area contributed by atoms with Crippen LogP contribution in [0.25, 0.3) is 45.0 Å². The van der Waals surface area contributed by atoms with E-state index in [0.717, 1.165) is 79.0 Å². The third kappa shape index (κ3) is 7.14. The molecule has 0 N–H and O–H groups in total. The van der Waals surface area contributed by atoms with Crippen LogP contribution in [0.15, 0.2) is 158 Å². The summed E-state index contributed by atoms with van der Waals surface area (Å²) in [7, 11) is 0. The average Bonchev–Trinajstić information content (AvgIpc) is 3.27. The molecule has 0 saturated heterocycles. The fourth-order valence-electron chi connectivity index (χ4n) is 7.95. The van der Waals surface area contributed by atoms with Crippen molar-refractivity contribution in [2.45, 2.75) is 62.7 Å². The van der Waals surface area contributed by atoms with Crippen molar-refractivity contribution in [1.29, 1.82) is 0 Å². The molecule has 5 aromatic rings. The van der Waals surface area contributed by atoms with Gasteiger partial charge in [-0.3, -0.25) is 0 Å². The lowest BCUT2D eigenvalue weighted by atomic mass is 9.84. The maximum absolute atomic E-state index is 5.43. The molecule has 0 spiro atoms. The molecule has 0 saturated carbocycles. The first-order chi connectivity index (χ1) is 26.8. The third-order valence-corrected chi connectivity index (χ3v) is 10.9. The fraction of sp³-hybridized carbons (Fsp3) is 0.204. The van der Waals surface area contributed by atoms with Crippen molar-refractivity contribution in [2.75, 3.05) is 0 Å². The molecule has 5 nitrogen and oxygen atoms in total. The molecule has 0 radical (unpaired) electrons. The summed E-state index contributed by atoms with van der Waals surface area (Å²) in [6, 6.07) is 29.7. The van der Waals surface area contributed by atoms with Gasteiger partial charge in [-0.05, 0) is 61.6 Å². The number of benzene rings is 3. The molecule has 0 amide bonds. The van der Waals surface area contributed by atoms with Gasteiger partial charge >= 0.3 is 0 Å². The zero-order valence-electron chi connectivity index (χ0n) is 30.4. The highest BCUT2D eigenvalue weighted by Gasteiger charge is 2.26. The summed E-state index contributed by atoms with van der Waals surface area (Å²) in [4.78, 5) is 25.7. The molecular weight excluding hydrogens is 659 g/mol. The maximum atomic E-state index is 5.43. The molecule has 0 fully saturated rings. The van der Waals surface area contributed by atoms with Gasteiger partial charge in [-0.15, -0.1) is 0 Å². The van der Waals surface area contributed by atoms with Crippen LogP contribution in [0, 0.1) is 0 Å². The number of aromatic nitrogens is 5. The topological polar surface area (TPSA) is 64.5 Å². The molecule has 4 aliphatic rings. The Bertz CT molecular complexity index is 2360. The molecule has 2 heterocycles. The van der Waals surface area contributed by atoms with Gasteiger partial charge in [0.15, 0.2) is 17.5 Å². The van der Waals surface area contributed by atoms with Crippen molar-refractivity contribution in [1.82, 2.24) is 24.9 Å². The van der Waals surface area contributed by atoms with Gasteiger partial charge in [0, 0.05) is 40.0 Å². The molecule has 264 valence electrons. The molecule has 4 aliphatic carbocycles. The monoisotopic (exact) mass is 701 g/mol. The first-order valence-corrected chi connectivity index (χ1v) is 19.4. The Hall–Kier alpha value is -6.07. The summed E-state index contributed by atoms with van der Waals surface area (Å²) in [5, 5.41) is 0. The molecule has 0 aliphatic heterocycles. The smallest absolute Gasteiger partial charge is 0.163 e. The zero-order chi connectivity index (χ0) is 36.1. The zero-order valence-corrected chi connectivity index (χ0v) is 30.4. The van der Waals surface area contributed by atoms with Gasteiger partial charge in [0.2, 0.25) is 0 Å². The molecular formula is C49H43N5. The molecule has 3 unspecified atom stereocenters. The second-order valence-electron chi connectivity index (χ2n) is 14.5. The second-order valence-corrected chi connectivity index (χ2v) is 14.5. The minimum atomic E-state index is 0.133. The summed E-state index contributed by atoms with van der Waals surface area (Å²) in [6.07, 6.45) is 33.7. The highest BCUT2D eigenvalue weighted by Crippen LogP contribution is 2.41. The fourth-order valence-corrected chi connectivity index (χ4v) is 7.95. The van der Waals surface area contributed by atoms with Gasteiger partial charge in [-0.2, -0.15) is 0 Å². The first kappa shape index (κ1) is 33.7. The van der Waals surface area contributed by atoms with Crippen LogP contribution in [0.2, 0.25) is 0 Å². The highest BCUT2D eigenvalue weighted by molar-refractivity contribution is 5.84. The molecule has 5 heteroatoms. The standard InChI is InChI=1S/C49H43N5/c1-6-16-36(17-7-1)43-44(37-18-8-2-9-19-37)50-46(51-45(43)38-20-10-3-11-21-38)41-30-26-34(27-31-41)35-28-32-42(33-29-35)49-53-47(39-22-12-4-13-23-39)52-48(54-49)40-24-14-5-15-25-40/h1-8,10,12-18,22-24,26,28-34,38,40H,9,11,19-21,25,27H2. The van der Waals surface area contributed by atoms with Crippen LogP contribution >= 0.6 is 0 Å². The van der Waals surface area contributed by atoms with E-state index in [0.29, 0.717) is 17.6 Å². The van der Waals surface area contributed by atoms with Gasteiger partial charge in [0.1, 0.15) is 5.82 Å². The normalized spacial score (nSPS) is 20.5. The molecule has 2 aromatic heterocycles. The summed E-state index contributed by atoms with van der Waals surface area (Å²) in [5.74, 6) is 3.80. The van der Waals surface area contributed by atoms with E-state index in [-0.39, 0.29) is 11.8 Å². The highest BCUT2D eigenvalue weighted by atomic mass is 15.0. The first-order valence-electron chi connectivity index (χ1n) is 19.4. The number of nitrogens with zero attached hydrogens (tertiary/aromatic N) is 5. The van der Waals surface area contributed by atoms with Crippen molar-refractivity contribution >= 4 is 11.1 Å². The van der Waals surface area contributed by atoms with E-state index >= 15 is 0 Å². The Morgan fingerprint density at radius 3 is 1.98 bits per heavy atom.